The molecule has 6 heteroatoms. The van der Waals surface area contributed by atoms with Gasteiger partial charge < -0.3 is 5.73 Å². The van der Waals surface area contributed by atoms with E-state index in [0.29, 0.717) is 12.1 Å². The van der Waals surface area contributed by atoms with E-state index in [-0.39, 0.29) is 0 Å². The van der Waals surface area contributed by atoms with Crippen LogP contribution < -0.4 is 10.9 Å². The fourth-order valence-electron chi connectivity index (χ4n) is 1.73. The van der Waals surface area contributed by atoms with E-state index >= 15 is 0 Å². The van der Waals surface area contributed by atoms with Crippen LogP contribution in [0.3, 0.4) is 0 Å². The van der Waals surface area contributed by atoms with Crippen LogP contribution in [0.4, 0.5) is 4.39 Å². The zero-order valence-corrected chi connectivity index (χ0v) is 10.8. The Labute approximate surface area is 110 Å². The van der Waals surface area contributed by atoms with Gasteiger partial charge in [0.05, 0.1) is 0 Å². The molecule has 0 aliphatic carbocycles. The van der Waals surface area contributed by atoms with Gasteiger partial charge in [0.2, 0.25) is 10.0 Å². The van der Waals surface area contributed by atoms with Gasteiger partial charge in [0, 0.05) is 6.54 Å². The maximum atomic E-state index is 13.4. The van der Waals surface area contributed by atoms with Crippen LogP contribution >= 0.6 is 0 Å². The first kappa shape index (κ1) is 13.7. The number of nitrogens with two attached hydrogens (primary N) is 2. The first-order chi connectivity index (χ1) is 8.91. The van der Waals surface area contributed by atoms with Crippen molar-refractivity contribution in [1.29, 1.82) is 0 Å². The standard InChI is InChI=1S/C13H13FN2O2S/c14-12-6-5-11(7-13(12)19(16,17)18)10-3-1-9(8-15)2-4-10/h1-7H,8,15H2,(H2,16,17,18). The molecule has 0 saturated heterocycles. The number of hydrogen-bond acceptors (Lipinski definition) is 3. The number of rotatable bonds is 3. The van der Waals surface area contributed by atoms with Crippen molar-refractivity contribution < 1.29 is 12.8 Å². The molecule has 0 saturated carbocycles. The van der Waals surface area contributed by atoms with Gasteiger partial charge in [-0.05, 0) is 28.8 Å². The van der Waals surface area contributed by atoms with Crippen molar-refractivity contribution >= 4 is 10.0 Å². The predicted molar refractivity (Wildman–Crippen MR) is 71.1 cm³/mol. The fraction of sp³-hybridized carbons (Fsp3) is 0.0769. The molecule has 0 unspecified atom stereocenters. The average molecular weight is 280 g/mol. The summed E-state index contributed by atoms with van der Waals surface area (Å²) in [6, 6.07) is 11.1. The lowest BCUT2D eigenvalue weighted by Crippen LogP contribution is -2.14. The van der Waals surface area contributed by atoms with E-state index in [1.165, 1.54) is 12.1 Å². The van der Waals surface area contributed by atoms with Gasteiger partial charge in [-0.25, -0.2) is 17.9 Å². The van der Waals surface area contributed by atoms with E-state index in [1.807, 2.05) is 12.1 Å². The van der Waals surface area contributed by atoms with E-state index in [4.69, 9.17) is 10.9 Å². The molecule has 100 valence electrons. The smallest absolute Gasteiger partial charge is 0.240 e. The first-order valence-corrected chi connectivity index (χ1v) is 7.08. The van der Waals surface area contributed by atoms with Gasteiger partial charge in [-0.2, -0.15) is 0 Å². The highest BCUT2D eigenvalue weighted by Gasteiger charge is 2.15. The summed E-state index contributed by atoms with van der Waals surface area (Å²) in [4.78, 5) is -0.507. The maximum Gasteiger partial charge on any atom is 0.240 e. The highest BCUT2D eigenvalue weighted by atomic mass is 32.2. The molecular weight excluding hydrogens is 267 g/mol. The highest BCUT2D eigenvalue weighted by Crippen LogP contribution is 2.24. The van der Waals surface area contributed by atoms with Crippen LogP contribution in [0, 0.1) is 5.82 Å². The number of benzene rings is 2. The van der Waals surface area contributed by atoms with Gasteiger partial charge in [0.25, 0.3) is 0 Å². The van der Waals surface area contributed by atoms with Crippen molar-refractivity contribution in [2.75, 3.05) is 0 Å². The van der Waals surface area contributed by atoms with Gasteiger partial charge in [-0.3, -0.25) is 0 Å². The van der Waals surface area contributed by atoms with Crippen molar-refractivity contribution in [3.63, 3.8) is 0 Å². The van der Waals surface area contributed by atoms with Crippen molar-refractivity contribution in [3.05, 3.63) is 53.8 Å². The van der Waals surface area contributed by atoms with Crippen LogP contribution in [-0.2, 0) is 16.6 Å². The summed E-state index contributed by atoms with van der Waals surface area (Å²) < 4.78 is 35.9. The minimum absolute atomic E-state index is 0.423. The van der Waals surface area contributed by atoms with Crippen LogP contribution in [0.5, 0.6) is 0 Å². The van der Waals surface area contributed by atoms with Crippen molar-refractivity contribution in [3.8, 4) is 11.1 Å². The lowest BCUT2D eigenvalue weighted by molar-refractivity contribution is 0.568. The minimum atomic E-state index is -4.07. The second-order valence-electron chi connectivity index (χ2n) is 4.09. The van der Waals surface area contributed by atoms with E-state index < -0.39 is 20.7 Å². The van der Waals surface area contributed by atoms with Crippen LogP contribution in [0.2, 0.25) is 0 Å². The van der Waals surface area contributed by atoms with Crippen LogP contribution in [0.15, 0.2) is 47.4 Å². The van der Waals surface area contributed by atoms with E-state index in [1.54, 1.807) is 12.1 Å². The molecule has 0 aliphatic rings. The third-order valence-corrected chi connectivity index (χ3v) is 3.69. The minimum Gasteiger partial charge on any atom is -0.326 e. The van der Waals surface area contributed by atoms with Crippen molar-refractivity contribution in [2.24, 2.45) is 10.9 Å². The molecule has 0 aliphatic heterocycles. The van der Waals surface area contributed by atoms with Gasteiger partial charge in [0.1, 0.15) is 10.7 Å². The quantitative estimate of drug-likeness (QED) is 0.895. The Morgan fingerprint density at radius 3 is 2.11 bits per heavy atom. The molecule has 0 atom stereocenters. The molecule has 0 radical (unpaired) electrons. The Balaban J connectivity index is 2.51. The monoisotopic (exact) mass is 280 g/mol. The maximum absolute atomic E-state index is 13.4. The Hall–Kier alpha value is -1.76. The summed E-state index contributed by atoms with van der Waals surface area (Å²) in [5, 5.41) is 4.97. The van der Waals surface area contributed by atoms with Gasteiger partial charge in [-0.1, -0.05) is 30.3 Å². The normalized spacial score (nSPS) is 11.5. The van der Waals surface area contributed by atoms with Crippen LogP contribution in [0.1, 0.15) is 5.56 Å². The molecule has 0 aromatic heterocycles. The molecule has 19 heavy (non-hydrogen) atoms. The van der Waals surface area contributed by atoms with E-state index in [9.17, 15) is 12.8 Å². The van der Waals surface area contributed by atoms with Crippen LogP contribution in [-0.4, -0.2) is 8.42 Å². The third kappa shape index (κ3) is 2.98. The Morgan fingerprint density at radius 2 is 1.58 bits per heavy atom. The zero-order valence-electron chi connectivity index (χ0n) is 10.0. The molecule has 0 heterocycles. The molecule has 0 bridgehead atoms. The number of hydrogen-bond donors (Lipinski definition) is 2. The average Bonchev–Trinajstić information content (AvgIpc) is 2.38. The number of halogens is 1. The van der Waals surface area contributed by atoms with E-state index in [2.05, 4.69) is 0 Å². The summed E-state index contributed by atoms with van der Waals surface area (Å²) in [7, 11) is -4.07. The molecular formula is C13H13FN2O2S. The second-order valence-corrected chi connectivity index (χ2v) is 5.62. The van der Waals surface area contributed by atoms with E-state index in [0.717, 1.165) is 17.2 Å². The lowest BCUT2D eigenvalue weighted by atomic mass is 10.0. The Bertz CT molecular complexity index is 697. The van der Waals surface area contributed by atoms with Gasteiger partial charge in [0.15, 0.2) is 0 Å². The summed E-state index contributed by atoms with van der Waals surface area (Å²) in [6.07, 6.45) is 0. The second kappa shape index (κ2) is 5.08. The summed E-state index contributed by atoms with van der Waals surface area (Å²) in [5.41, 5.74) is 7.79. The van der Waals surface area contributed by atoms with Crippen LogP contribution in [0.25, 0.3) is 11.1 Å². The predicted octanol–water partition coefficient (Wildman–Crippen LogP) is 1.60. The third-order valence-electron chi connectivity index (χ3n) is 2.76. The molecule has 4 N–H and O–H groups in total. The molecule has 4 nitrogen and oxygen atoms in total. The SMILES string of the molecule is NCc1ccc(-c2ccc(F)c(S(N)(=O)=O)c2)cc1. The number of primary sulfonamides is 1. The highest BCUT2D eigenvalue weighted by molar-refractivity contribution is 7.89. The lowest BCUT2D eigenvalue weighted by Gasteiger charge is -2.06. The first-order valence-electron chi connectivity index (χ1n) is 5.53. The van der Waals surface area contributed by atoms with Gasteiger partial charge in [-0.15, -0.1) is 0 Å². The molecule has 0 fully saturated rings. The Kier molecular flexibility index (Phi) is 3.66. The topological polar surface area (TPSA) is 86.2 Å². The van der Waals surface area contributed by atoms with Crippen molar-refractivity contribution in [2.45, 2.75) is 11.4 Å². The summed E-state index contributed by atoms with van der Waals surface area (Å²) >= 11 is 0. The molecule has 0 spiro atoms. The van der Waals surface area contributed by atoms with Gasteiger partial charge >= 0.3 is 0 Å². The number of sulfonamides is 1. The molecule has 0 amide bonds. The summed E-state index contributed by atoms with van der Waals surface area (Å²) in [5.74, 6) is -0.857. The molecule has 2 rings (SSSR count). The molecule has 2 aromatic rings. The largest absolute Gasteiger partial charge is 0.326 e. The van der Waals surface area contributed by atoms with Crippen molar-refractivity contribution in [1.82, 2.24) is 0 Å². The Morgan fingerprint density at radius 1 is 1.00 bits per heavy atom. The zero-order chi connectivity index (χ0) is 14.0. The fourth-order valence-corrected chi connectivity index (χ4v) is 2.37. The molecule has 2 aromatic carbocycles. The summed E-state index contributed by atoms with van der Waals surface area (Å²) in [6.45, 7) is 0.423.